The Kier molecular flexibility index (Phi) is 4.24. The van der Waals surface area contributed by atoms with Crippen LogP contribution in [0.3, 0.4) is 0 Å². The van der Waals surface area contributed by atoms with Crippen LogP contribution >= 0.6 is 35.2 Å². The molecule has 0 aliphatic rings. The summed E-state index contributed by atoms with van der Waals surface area (Å²) < 4.78 is 20.9. The molecule has 0 amide bonds. The Balaban J connectivity index is 2.11. The van der Waals surface area contributed by atoms with Crippen molar-refractivity contribution in [2.24, 2.45) is 0 Å². The summed E-state index contributed by atoms with van der Waals surface area (Å²) in [4.78, 5) is 12.7. The predicted molar refractivity (Wildman–Crippen MR) is 87.6 cm³/mol. The normalized spacial score (nSPS) is 10.8. The summed E-state index contributed by atoms with van der Waals surface area (Å²) in [7, 11) is 0. The topological polar surface area (TPSA) is 35.1 Å². The number of furan rings is 1. The first-order chi connectivity index (χ1) is 10.6. The maximum atomic E-state index is 14.0. The third kappa shape index (κ3) is 2.90. The molecule has 0 N–H and O–H groups in total. The Morgan fingerprint density at radius 2 is 2.14 bits per heavy atom. The van der Waals surface area contributed by atoms with Gasteiger partial charge in [-0.3, -0.25) is 9.36 Å². The zero-order valence-corrected chi connectivity index (χ0v) is 13.5. The van der Waals surface area contributed by atoms with E-state index in [-0.39, 0.29) is 22.7 Å². The van der Waals surface area contributed by atoms with E-state index >= 15 is 0 Å². The largest absolute Gasteiger partial charge is 0.467 e. The molecule has 0 atom stereocenters. The molecule has 0 saturated carbocycles. The summed E-state index contributed by atoms with van der Waals surface area (Å²) >= 11 is 12.4. The lowest BCUT2D eigenvalue weighted by atomic mass is 10.2. The van der Waals surface area contributed by atoms with E-state index in [1.54, 1.807) is 18.2 Å². The molecule has 1 aromatic carbocycles. The minimum Gasteiger partial charge on any atom is -0.467 e. The average Bonchev–Trinajstić information content (AvgIpc) is 2.96. The highest BCUT2D eigenvalue weighted by Crippen LogP contribution is 2.32. The molecule has 0 aliphatic carbocycles. The van der Waals surface area contributed by atoms with Crippen molar-refractivity contribution in [2.75, 3.05) is 0 Å². The molecule has 0 unspecified atom stereocenters. The van der Waals surface area contributed by atoms with Gasteiger partial charge in [-0.25, -0.2) is 4.39 Å². The SMILES string of the molecule is O=c1cc(-c2c(F)cccc2Cl)sc(=S)n1Cc1ccco1. The third-order valence-corrected chi connectivity index (χ3v) is 4.76. The third-order valence-electron chi connectivity index (χ3n) is 3.04. The molecule has 2 aromatic heterocycles. The number of nitrogens with zero attached hydrogens (tertiary/aromatic N) is 1. The van der Waals surface area contributed by atoms with Crippen molar-refractivity contribution >= 4 is 35.2 Å². The van der Waals surface area contributed by atoms with Gasteiger partial charge in [0.15, 0.2) is 3.95 Å². The van der Waals surface area contributed by atoms with Gasteiger partial charge in [0.1, 0.15) is 11.6 Å². The molecule has 22 heavy (non-hydrogen) atoms. The van der Waals surface area contributed by atoms with Gasteiger partial charge >= 0.3 is 0 Å². The van der Waals surface area contributed by atoms with Crippen LogP contribution in [0.4, 0.5) is 4.39 Å². The van der Waals surface area contributed by atoms with Gasteiger partial charge in [-0.15, -0.1) is 11.3 Å². The van der Waals surface area contributed by atoms with Crippen LogP contribution in [0.5, 0.6) is 0 Å². The van der Waals surface area contributed by atoms with Crippen LogP contribution in [0.25, 0.3) is 10.4 Å². The second-order valence-corrected chi connectivity index (χ2v) is 6.56. The van der Waals surface area contributed by atoms with Crippen molar-refractivity contribution < 1.29 is 8.81 Å². The summed E-state index contributed by atoms with van der Waals surface area (Å²) in [6.45, 7) is 0.243. The van der Waals surface area contributed by atoms with Gasteiger partial charge in [0, 0.05) is 16.5 Å². The Morgan fingerprint density at radius 3 is 2.77 bits per heavy atom. The van der Waals surface area contributed by atoms with Crippen molar-refractivity contribution in [3.63, 3.8) is 0 Å². The highest BCUT2D eigenvalue weighted by atomic mass is 35.5. The summed E-state index contributed by atoms with van der Waals surface area (Å²) in [6.07, 6.45) is 1.53. The van der Waals surface area contributed by atoms with Gasteiger partial charge in [0.05, 0.1) is 17.8 Å². The molecule has 0 radical (unpaired) electrons. The van der Waals surface area contributed by atoms with Gasteiger partial charge in [0.25, 0.3) is 5.56 Å². The first-order valence-electron chi connectivity index (χ1n) is 6.28. The maximum Gasteiger partial charge on any atom is 0.254 e. The van der Waals surface area contributed by atoms with E-state index < -0.39 is 5.82 Å². The fraction of sp³-hybridized carbons (Fsp3) is 0.0667. The minimum atomic E-state index is -0.485. The molecule has 3 rings (SSSR count). The van der Waals surface area contributed by atoms with Crippen LogP contribution in [0, 0.1) is 9.77 Å². The standard InChI is InChI=1S/C15H9ClFNO2S2/c16-10-4-1-5-11(17)14(10)12-7-13(19)18(15(21)22-12)8-9-3-2-6-20-9/h1-7H,8H2. The summed E-state index contributed by atoms with van der Waals surface area (Å²) in [5.41, 5.74) is -0.128. The number of aromatic nitrogens is 1. The van der Waals surface area contributed by atoms with Crippen molar-refractivity contribution in [1.82, 2.24) is 4.57 Å². The molecule has 112 valence electrons. The smallest absolute Gasteiger partial charge is 0.254 e. The van der Waals surface area contributed by atoms with E-state index in [1.165, 1.54) is 29.0 Å². The maximum absolute atomic E-state index is 14.0. The molecular weight excluding hydrogens is 345 g/mol. The Morgan fingerprint density at radius 1 is 1.32 bits per heavy atom. The van der Waals surface area contributed by atoms with Gasteiger partial charge in [-0.2, -0.15) is 0 Å². The highest BCUT2D eigenvalue weighted by Gasteiger charge is 2.13. The average molecular weight is 354 g/mol. The van der Waals surface area contributed by atoms with Gasteiger partial charge in [0.2, 0.25) is 0 Å². The molecule has 3 aromatic rings. The monoisotopic (exact) mass is 353 g/mol. The molecule has 0 saturated heterocycles. The van der Waals surface area contributed by atoms with Gasteiger partial charge < -0.3 is 4.42 Å². The summed E-state index contributed by atoms with van der Waals surface area (Å²) in [5.74, 6) is 0.137. The summed E-state index contributed by atoms with van der Waals surface area (Å²) in [6, 6.07) is 9.22. The van der Waals surface area contributed by atoms with E-state index in [0.717, 1.165) is 11.3 Å². The van der Waals surface area contributed by atoms with Crippen LogP contribution in [0.15, 0.2) is 51.9 Å². The van der Waals surface area contributed by atoms with E-state index in [0.29, 0.717) is 14.6 Å². The van der Waals surface area contributed by atoms with E-state index in [1.807, 2.05) is 0 Å². The zero-order chi connectivity index (χ0) is 15.7. The fourth-order valence-electron chi connectivity index (χ4n) is 2.02. The second kappa shape index (κ2) is 6.16. The first-order valence-corrected chi connectivity index (χ1v) is 7.88. The van der Waals surface area contributed by atoms with Crippen molar-refractivity contribution in [3.05, 3.63) is 73.6 Å². The van der Waals surface area contributed by atoms with Crippen LogP contribution in [-0.2, 0) is 6.54 Å². The van der Waals surface area contributed by atoms with E-state index in [9.17, 15) is 9.18 Å². The molecule has 0 spiro atoms. The van der Waals surface area contributed by atoms with Crippen molar-refractivity contribution in [3.8, 4) is 10.4 Å². The number of hydrogen-bond donors (Lipinski definition) is 0. The van der Waals surface area contributed by atoms with Crippen LogP contribution in [0.1, 0.15) is 5.76 Å². The Bertz CT molecular complexity index is 880. The van der Waals surface area contributed by atoms with Gasteiger partial charge in [-0.05, 0) is 36.5 Å². The van der Waals surface area contributed by atoms with Crippen LogP contribution < -0.4 is 5.56 Å². The molecule has 2 heterocycles. The fourth-order valence-corrected chi connectivity index (χ4v) is 3.68. The quantitative estimate of drug-likeness (QED) is 0.638. The number of hydrogen-bond acceptors (Lipinski definition) is 4. The summed E-state index contributed by atoms with van der Waals surface area (Å²) in [5, 5.41) is 0.244. The lowest BCUT2D eigenvalue weighted by molar-refractivity contribution is 0.490. The lowest BCUT2D eigenvalue weighted by Crippen LogP contribution is -2.19. The second-order valence-electron chi connectivity index (χ2n) is 4.48. The first kappa shape index (κ1) is 15.1. The predicted octanol–water partition coefficient (Wildman–Crippen LogP) is 4.74. The molecule has 0 aliphatic heterocycles. The molecule has 3 nitrogen and oxygen atoms in total. The number of rotatable bonds is 3. The number of benzene rings is 1. The van der Waals surface area contributed by atoms with Crippen molar-refractivity contribution in [1.29, 1.82) is 0 Å². The van der Waals surface area contributed by atoms with Crippen LogP contribution in [0.2, 0.25) is 5.02 Å². The molecular formula is C15H9ClFNO2S2. The highest BCUT2D eigenvalue weighted by molar-refractivity contribution is 7.73. The van der Waals surface area contributed by atoms with Crippen LogP contribution in [-0.4, -0.2) is 4.57 Å². The Hall–Kier alpha value is -1.76. The van der Waals surface area contributed by atoms with Gasteiger partial charge in [-0.1, -0.05) is 17.7 Å². The number of halogens is 2. The molecule has 0 bridgehead atoms. The van der Waals surface area contributed by atoms with E-state index in [4.69, 9.17) is 28.2 Å². The van der Waals surface area contributed by atoms with Crippen molar-refractivity contribution in [2.45, 2.75) is 6.54 Å². The minimum absolute atomic E-state index is 0.197. The molecule has 0 fully saturated rings. The lowest BCUT2D eigenvalue weighted by Gasteiger charge is -2.08. The van der Waals surface area contributed by atoms with E-state index in [2.05, 4.69) is 0 Å². The Labute approximate surface area is 139 Å². The zero-order valence-electron chi connectivity index (χ0n) is 11.1. The molecule has 7 heteroatoms.